The predicted octanol–water partition coefficient (Wildman–Crippen LogP) is 2.54. The number of alkyl halides is 3. The topological polar surface area (TPSA) is 101 Å². The fourth-order valence-electron chi connectivity index (χ4n) is 3.53. The van der Waals surface area contributed by atoms with Crippen molar-refractivity contribution in [3.63, 3.8) is 0 Å². The molecule has 0 aliphatic carbocycles. The van der Waals surface area contributed by atoms with Gasteiger partial charge >= 0.3 is 12.3 Å². The Balaban J connectivity index is 1.94. The van der Waals surface area contributed by atoms with E-state index in [4.69, 9.17) is 15.6 Å². The Morgan fingerprint density at radius 2 is 1.72 bits per heavy atom. The van der Waals surface area contributed by atoms with E-state index in [0.29, 0.717) is 24.4 Å². The van der Waals surface area contributed by atoms with Crippen LogP contribution in [0.1, 0.15) is 34.1 Å². The molecule has 2 aliphatic heterocycles. The molecular weight excluding hydrogens is 391 g/mol. The van der Waals surface area contributed by atoms with Crippen molar-refractivity contribution in [1.29, 1.82) is 10.8 Å². The third-order valence-corrected chi connectivity index (χ3v) is 4.98. The first-order valence-corrected chi connectivity index (χ1v) is 9.48. The van der Waals surface area contributed by atoms with Crippen LogP contribution in [0.25, 0.3) is 0 Å². The second-order valence-electron chi connectivity index (χ2n) is 8.50. The Labute approximate surface area is 168 Å². The lowest BCUT2D eigenvalue weighted by Gasteiger charge is -2.41. The van der Waals surface area contributed by atoms with Gasteiger partial charge in [0, 0.05) is 32.1 Å². The Morgan fingerprint density at radius 3 is 2.21 bits per heavy atom. The average Bonchev–Trinajstić information content (AvgIpc) is 2.58. The van der Waals surface area contributed by atoms with E-state index in [-0.39, 0.29) is 37.4 Å². The Hall–Kier alpha value is -2.33. The highest BCUT2D eigenvalue weighted by Gasteiger charge is 2.43. The van der Waals surface area contributed by atoms with Gasteiger partial charge in [-0.3, -0.25) is 15.6 Å². The summed E-state index contributed by atoms with van der Waals surface area (Å²) in [6.45, 7) is 7.38. The van der Waals surface area contributed by atoms with Crippen LogP contribution in [0.15, 0.2) is 0 Å². The lowest BCUT2D eigenvalue weighted by molar-refractivity contribution is -0.139. The van der Waals surface area contributed by atoms with E-state index in [1.54, 1.807) is 25.7 Å². The number of piperazine rings is 1. The van der Waals surface area contributed by atoms with Crippen molar-refractivity contribution in [1.82, 2.24) is 14.7 Å². The number of amides is 2. The van der Waals surface area contributed by atoms with Crippen molar-refractivity contribution in [2.75, 3.05) is 32.7 Å². The highest BCUT2D eigenvalue weighted by molar-refractivity contribution is 6.03. The summed E-state index contributed by atoms with van der Waals surface area (Å²) in [5, 5.41) is 15.0. The Bertz CT molecular complexity index is 689. The first-order valence-electron chi connectivity index (χ1n) is 9.48. The largest absolute Gasteiger partial charge is 0.449 e. The fraction of sp³-hybridized carbons (Fsp3) is 0.778. The third kappa shape index (κ3) is 5.60. The number of nitrogens with zero attached hydrogens (tertiary/aromatic N) is 3. The smallest absolute Gasteiger partial charge is 0.444 e. The zero-order valence-corrected chi connectivity index (χ0v) is 17.1. The molecule has 2 heterocycles. The van der Waals surface area contributed by atoms with Crippen LogP contribution < -0.4 is 0 Å². The van der Waals surface area contributed by atoms with Crippen molar-refractivity contribution < 1.29 is 27.5 Å². The maximum Gasteiger partial charge on any atom is 0.449 e. The van der Waals surface area contributed by atoms with Gasteiger partial charge in [-0.25, -0.2) is 4.79 Å². The second kappa shape index (κ2) is 8.19. The number of hydrogen-bond donors (Lipinski definition) is 2. The molecular formula is C18H28F3N5O3. The summed E-state index contributed by atoms with van der Waals surface area (Å²) in [5.74, 6) is -2.77. The van der Waals surface area contributed by atoms with Crippen LogP contribution in [0, 0.1) is 22.7 Å². The quantitative estimate of drug-likeness (QED) is 0.504. The van der Waals surface area contributed by atoms with Crippen LogP contribution in [-0.4, -0.2) is 82.9 Å². The second-order valence-corrected chi connectivity index (χ2v) is 8.50. The number of carbonyl (C=O) groups excluding carboxylic acids is 2. The highest BCUT2D eigenvalue weighted by Crippen LogP contribution is 2.28. The van der Waals surface area contributed by atoms with Crippen LogP contribution in [0.4, 0.5) is 18.0 Å². The van der Waals surface area contributed by atoms with Crippen LogP contribution >= 0.6 is 0 Å². The van der Waals surface area contributed by atoms with E-state index in [9.17, 15) is 22.8 Å². The van der Waals surface area contributed by atoms with Gasteiger partial charge in [-0.1, -0.05) is 6.92 Å². The Morgan fingerprint density at radius 1 is 1.10 bits per heavy atom. The number of carbonyl (C=O) groups is 2. The molecule has 11 heteroatoms. The van der Waals surface area contributed by atoms with Crippen LogP contribution in [0.5, 0.6) is 0 Å². The average molecular weight is 419 g/mol. The molecule has 2 unspecified atom stereocenters. The van der Waals surface area contributed by atoms with Crippen molar-refractivity contribution >= 4 is 23.7 Å². The van der Waals surface area contributed by atoms with Gasteiger partial charge in [-0.05, 0) is 33.1 Å². The zero-order valence-electron chi connectivity index (χ0n) is 17.1. The van der Waals surface area contributed by atoms with Gasteiger partial charge in [-0.15, -0.1) is 0 Å². The third-order valence-electron chi connectivity index (χ3n) is 4.98. The highest BCUT2D eigenvalue weighted by atomic mass is 19.4. The molecule has 2 saturated heterocycles. The number of rotatable bonds is 1. The molecule has 8 nitrogen and oxygen atoms in total. The molecule has 2 N–H and O–H groups in total. The summed E-state index contributed by atoms with van der Waals surface area (Å²) in [6.07, 6.45) is -4.84. The van der Waals surface area contributed by atoms with Crippen LogP contribution in [-0.2, 0) is 9.53 Å². The molecule has 0 saturated carbocycles. The first kappa shape index (κ1) is 23.0. The van der Waals surface area contributed by atoms with E-state index in [2.05, 4.69) is 0 Å². The summed E-state index contributed by atoms with van der Waals surface area (Å²) < 4.78 is 43.5. The molecule has 2 aliphatic rings. The summed E-state index contributed by atoms with van der Waals surface area (Å²) in [4.78, 5) is 28.6. The number of amidine groups is 2. The molecule has 0 aromatic rings. The molecule has 2 fully saturated rings. The molecule has 0 aromatic heterocycles. The number of nitrogens with one attached hydrogen (secondary N) is 2. The van der Waals surface area contributed by atoms with Gasteiger partial charge in [0.1, 0.15) is 11.4 Å². The van der Waals surface area contributed by atoms with Gasteiger partial charge in [0.2, 0.25) is 11.7 Å². The van der Waals surface area contributed by atoms with Gasteiger partial charge in [0.25, 0.3) is 0 Å². The van der Waals surface area contributed by atoms with E-state index in [0.717, 1.165) is 0 Å². The maximum absolute atomic E-state index is 12.9. The van der Waals surface area contributed by atoms with Crippen LogP contribution in [0.3, 0.4) is 0 Å². The SMILES string of the molecule is CC1CN(C(=O)OC(C)(C)C)CCC1C(=O)N1CCN(C(=N)C(F)(F)F)C(=N)C1. The molecule has 2 rings (SSSR count). The van der Waals surface area contributed by atoms with Gasteiger partial charge in [-0.2, -0.15) is 13.2 Å². The van der Waals surface area contributed by atoms with Crippen molar-refractivity contribution in [2.24, 2.45) is 11.8 Å². The lowest BCUT2D eigenvalue weighted by atomic mass is 9.85. The van der Waals surface area contributed by atoms with E-state index in [1.807, 2.05) is 6.92 Å². The lowest BCUT2D eigenvalue weighted by Crippen LogP contribution is -2.58. The zero-order chi connectivity index (χ0) is 22.1. The standard InChI is InChI=1S/C18H28F3N5O3/c1-11-9-25(16(28)29-17(2,3)4)6-5-12(11)14(27)24-7-8-26(13(22)10-24)15(23)18(19,20)21/h11-12,22-23H,5-10H2,1-4H3. The summed E-state index contributed by atoms with van der Waals surface area (Å²) in [7, 11) is 0. The van der Waals surface area contributed by atoms with Gasteiger partial charge < -0.3 is 19.4 Å². The summed E-state index contributed by atoms with van der Waals surface area (Å²) >= 11 is 0. The monoisotopic (exact) mass is 419 g/mol. The number of ether oxygens (including phenoxy) is 1. The number of halogens is 3. The molecule has 2 atom stereocenters. The summed E-state index contributed by atoms with van der Waals surface area (Å²) in [5.41, 5.74) is -0.614. The first-order chi connectivity index (χ1) is 13.2. The predicted molar refractivity (Wildman–Crippen MR) is 99.9 cm³/mol. The summed E-state index contributed by atoms with van der Waals surface area (Å²) in [6, 6.07) is 0. The minimum absolute atomic E-state index is 0.0126. The Kier molecular flexibility index (Phi) is 6.48. The number of hydrogen-bond acceptors (Lipinski definition) is 5. The van der Waals surface area contributed by atoms with Crippen molar-refractivity contribution in [2.45, 2.75) is 45.9 Å². The molecule has 164 valence electrons. The van der Waals surface area contributed by atoms with Gasteiger partial charge in [0.15, 0.2) is 0 Å². The molecule has 0 bridgehead atoms. The molecule has 0 radical (unpaired) electrons. The minimum atomic E-state index is -4.83. The van der Waals surface area contributed by atoms with Gasteiger partial charge in [0.05, 0.1) is 6.54 Å². The molecule has 0 aromatic carbocycles. The minimum Gasteiger partial charge on any atom is -0.444 e. The van der Waals surface area contributed by atoms with Crippen molar-refractivity contribution in [3.8, 4) is 0 Å². The molecule has 2 amide bonds. The van der Waals surface area contributed by atoms with Crippen molar-refractivity contribution in [3.05, 3.63) is 0 Å². The number of piperidine rings is 1. The fourth-order valence-corrected chi connectivity index (χ4v) is 3.53. The van der Waals surface area contributed by atoms with Crippen LogP contribution in [0.2, 0.25) is 0 Å². The van der Waals surface area contributed by atoms with E-state index in [1.165, 1.54) is 4.90 Å². The maximum atomic E-state index is 12.9. The number of likely N-dealkylation sites (tertiary alicyclic amines) is 1. The molecule has 0 spiro atoms. The van der Waals surface area contributed by atoms with E-state index < -0.39 is 29.5 Å². The normalized spacial score (nSPS) is 23.8. The molecule has 29 heavy (non-hydrogen) atoms. The van der Waals surface area contributed by atoms with E-state index >= 15 is 0 Å².